The van der Waals surface area contributed by atoms with Gasteiger partial charge in [0.15, 0.2) is 0 Å². The fraction of sp³-hybridized carbons (Fsp3) is 0.333. The second-order valence-electron chi connectivity index (χ2n) is 2.81. The number of rotatable bonds is 5. The lowest BCUT2D eigenvalue weighted by molar-refractivity contribution is -0.385. The van der Waals surface area contributed by atoms with E-state index in [1.54, 1.807) is 0 Å². The van der Waals surface area contributed by atoms with Gasteiger partial charge in [0.05, 0.1) is 11.5 Å². The molecule has 6 heteroatoms. The molecule has 0 aliphatic carbocycles. The summed E-state index contributed by atoms with van der Waals surface area (Å²) in [6.45, 7) is 0.00772. The number of halogens is 1. The van der Waals surface area contributed by atoms with Crippen molar-refractivity contribution in [1.82, 2.24) is 0 Å². The molecule has 0 aromatic heterocycles. The van der Waals surface area contributed by atoms with E-state index in [9.17, 15) is 14.5 Å². The fourth-order valence-corrected chi connectivity index (χ4v) is 1.82. The number of thioether (sulfide) groups is 1. The standard InChI is InChI=1S/C9H10FNO3S/c10-8-1-2-9(11(13)14)7(5-8)6-15-4-3-12/h1-2,5,12H,3-4,6H2. The Hall–Kier alpha value is -1.14. The molecule has 1 aromatic carbocycles. The maximum atomic E-state index is 12.8. The number of nitro groups is 1. The van der Waals surface area contributed by atoms with Gasteiger partial charge in [0.1, 0.15) is 5.82 Å². The molecule has 1 N–H and O–H groups in total. The van der Waals surface area contributed by atoms with Gasteiger partial charge in [0, 0.05) is 23.1 Å². The molecule has 0 unspecified atom stereocenters. The Morgan fingerprint density at radius 1 is 1.53 bits per heavy atom. The normalized spacial score (nSPS) is 10.3. The Morgan fingerprint density at radius 3 is 2.87 bits per heavy atom. The highest BCUT2D eigenvalue weighted by molar-refractivity contribution is 7.98. The first-order chi connectivity index (χ1) is 7.15. The highest BCUT2D eigenvalue weighted by Crippen LogP contribution is 2.23. The van der Waals surface area contributed by atoms with Crippen molar-refractivity contribution in [2.75, 3.05) is 12.4 Å². The van der Waals surface area contributed by atoms with Crippen LogP contribution >= 0.6 is 11.8 Å². The van der Waals surface area contributed by atoms with Crippen molar-refractivity contribution >= 4 is 17.4 Å². The highest BCUT2D eigenvalue weighted by Gasteiger charge is 2.13. The quantitative estimate of drug-likeness (QED) is 0.478. The van der Waals surface area contributed by atoms with Crippen LogP contribution in [0.5, 0.6) is 0 Å². The predicted octanol–water partition coefficient (Wildman–Crippen LogP) is 1.96. The first kappa shape index (κ1) is 11.9. The lowest BCUT2D eigenvalue weighted by Gasteiger charge is -2.02. The van der Waals surface area contributed by atoms with Crippen LogP contribution in [-0.4, -0.2) is 22.4 Å². The van der Waals surface area contributed by atoms with E-state index in [4.69, 9.17) is 5.11 Å². The number of nitro benzene ring substituents is 1. The summed E-state index contributed by atoms with van der Waals surface area (Å²) < 4.78 is 12.8. The molecule has 82 valence electrons. The molecule has 0 saturated carbocycles. The summed E-state index contributed by atoms with van der Waals surface area (Å²) in [5.74, 6) is 0.322. The summed E-state index contributed by atoms with van der Waals surface area (Å²) in [7, 11) is 0. The summed E-state index contributed by atoms with van der Waals surface area (Å²) in [6, 6.07) is 3.38. The van der Waals surface area contributed by atoms with E-state index in [1.807, 2.05) is 0 Å². The van der Waals surface area contributed by atoms with Gasteiger partial charge in [-0.15, -0.1) is 0 Å². The van der Waals surface area contributed by atoms with Gasteiger partial charge in [-0.25, -0.2) is 4.39 Å². The van der Waals surface area contributed by atoms with Gasteiger partial charge in [0.2, 0.25) is 0 Å². The molecule has 0 spiro atoms. The van der Waals surface area contributed by atoms with Gasteiger partial charge >= 0.3 is 0 Å². The highest BCUT2D eigenvalue weighted by atomic mass is 32.2. The van der Waals surface area contributed by atoms with E-state index in [2.05, 4.69) is 0 Å². The molecule has 15 heavy (non-hydrogen) atoms. The lowest BCUT2D eigenvalue weighted by Crippen LogP contribution is -1.96. The number of benzene rings is 1. The smallest absolute Gasteiger partial charge is 0.273 e. The van der Waals surface area contributed by atoms with Crippen molar-refractivity contribution in [2.24, 2.45) is 0 Å². The maximum absolute atomic E-state index is 12.8. The Labute approximate surface area is 90.3 Å². The SMILES string of the molecule is O=[N+]([O-])c1ccc(F)cc1CSCCO. The average molecular weight is 231 g/mol. The molecule has 0 aliphatic heterocycles. The summed E-state index contributed by atoms with van der Waals surface area (Å²) in [4.78, 5) is 10.1. The topological polar surface area (TPSA) is 63.4 Å². The first-order valence-electron chi connectivity index (χ1n) is 4.26. The third kappa shape index (κ3) is 3.49. The second kappa shape index (κ2) is 5.67. The van der Waals surface area contributed by atoms with Crippen LogP contribution in [0.2, 0.25) is 0 Å². The van der Waals surface area contributed by atoms with Crippen LogP contribution < -0.4 is 0 Å². The molecule has 0 aliphatic rings. The van der Waals surface area contributed by atoms with Crippen LogP contribution in [0.4, 0.5) is 10.1 Å². The van der Waals surface area contributed by atoms with Crippen LogP contribution in [-0.2, 0) is 5.75 Å². The maximum Gasteiger partial charge on any atom is 0.273 e. The monoisotopic (exact) mass is 231 g/mol. The zero-order chi connectivity index (χ0) is 11.3. The molecule has 0 radical (unpaired) electrons. The minimum absolute atomic E-state index is 0.00772. The van der Waals surface area contributed by atoms with Crippen LogP contribution in [0.15, 0.2) is 18.2 Å². The third-order valence-corrected chi connectivity index (χ3v) is 2.72. The Bertz CT molecular complexity index is 359. The van der Waals surface area contributed by atoms with Crippen LogP contribution in [0, 0.1) is 15.9 Å². The van der Waals surface area contributed by atoms with Crippen molar-refractivity contribution in [3.05, 3.63) is 39.7 Å². The number of aliphatic hydroxyl groups excluding tert-OH is 1. The van der Waals surface area contributed by atoms with E-state index >= 15 is 0 Å². The van der Waals surface area contributed by atoms with Gasteiger partial charge < -0.3 is 5.11 Å². The average Bonchev–Trinajstić information content (AvgIpc) is 2.18. The molecule has 0 bridgehead atoms. The van der Waals surface area contributed by atoms with Crippen LogP contribution in [0.25, 0.3) is 0 Å². The molecule has 1 aromatic rings. The molecule has 0 atom stereocenters. The van der Waals surface area contributed by atoms with Crippen molar-refractivity contribution in [3.8, 4) is 0 Å². The second-order valence-corrected chi connectivity index (χ2v) is 3.91. The number of hydrogen-bond acceptors (Lipinski definition) is 4. The van der Waals surface area contributed by atoms with Gasteiger partial charge in [-0.2, -0.15) is 11.8 Å². The molecule has 0 saturated heterocycles. The van der Waals surface area contributed by atoms with Gasteiger partial charge in [-0.05, 0) is 12.1 Å². The number of aliphatic hydroxyl groups is 1. The molecular weight excluding hydrogens is 221 g/mol. The minimum Gasteiger partial charge on any atom is -0.396 e. The Morgan fingerprint density at radius 2 is 2.27 bits per heavy atom. The molecule has 0 heterocycles. The molecule has 0 fully saturated rings. The largest absolute Gasteiger partial charge is 0.396 e. The van der Waals surface area contributed by atoms with Gasteiger partial charge in [-0.3, -0.25) is 10.1 Å². The van der Waals surface area contributed by atoms with Crippen molar-refractivity contribution in [3.63, 3.8) is 0 Å². The predicted molar refractivity (Wildman–Crippen MR) is 56.3 cm³/mol. The third-order valence-electron chi connectivity index (χ3n) is 1.73. The van der Waals surface area contributed by atoms with E-state index in [1.165, 1.54) is 11.8 Å². The summed E-state index contributed by atoms with van der Waals surface area (Å²) in [5, 5.41) is 19.1. The van der Waals surface area contributed by atoms with Gasteiger partial charge in [-0.1, -0.05) is 0 Å². The first-order valence-corrected chi connectivity index (χ1v) is 5.42. The van der Waals surface area contributed by atoms with Crippen LogP contribution in [0.1, 0.15) is 5.56 Å². The van der Waals surface area contributed by atoms with E-state index < -0.39 is 10.7 Å². The Balaban J connectivity index is 2.82. The zero-order valence-corrected chi connectivity index (χ0v) is 8.67. The van der Waals surface area contributed by atoms with Crippen molar-refractivity contribution < 1.29 is 14.4 Å². The molecule has 1 rings (SSSR count). The minimum atomic E-state index is -0.533. The summed E-state index contributed by atoms with van der Waals surface area (Å²) >= 11 is 1.33. The van der Waals surface area contributed by atoms with Gasteiger partial charge in [0.25, 0.3) is 5.69 Å². The lowest BCUT2D eigenvalue weighted by atomic mass is 10.2. The molecule has 0 amide bonds. The summed E-state index contributed by atoms with van der Waals surface area (Å²) in [6.07, 6.45) is 0. The van der Waals surface area contributed by atoms with Crippen molar-refractivity contribution in [2.45, 2.75) is 5.75 Å². The number of nitrogens with zero attached hydrogens (tertiary/aromatic N) is 1. The fourth-order valence-electron chi connectivity index (χ4n) is 1.09. The number of hydrogen-bond donors (Lipinski definition) is 1. The zero-order valence-electron chi connectivity index (χ0n) is 7.85. The van der Waals surface area contributed by atoms with E-state index in [0.29, 0.717) is 17.1 Å². The molecular formula is C9H10FNO3S. The van der Waals surface area contributed by atoms with E-state index in [0.717, 1.165) is 18.2 Å². The molecule has 4 nitrogen and oxygen atoms in total. The Kier molecular flexibility index (Phi) is 4.51. The summed E-state index contributed by atoms with van der Waals surface area (Å²) in [5.41, 5.74) is 0.264. The van der Waals surface area contributed by atoms with Crippen molar-refractivity contribution in [1.29, 1.82) is 0 Å². The van der Waals surface area contributed by atoms with Crippen LogP contribution in [0.3, 0.4) is 0 Å². The van der Waals surface area contributed by atoms with E-state index in [-0.39, 0.29) is 12.3 Å².